The lowest BCUT2D eigenvalue weighted by molar-refractivity contribution is -0.0440. The van der Waals surface area contributed by atoms with Crippen molar-refractivity contribution in [1.82, 2.24) is 14.9 Å². The van der Waals surface area contributed by atoms with Crippen LogP contribution >= 0.6 is 24.0 Å². The number of ether oxygens (including phenoxy) is 1. The van der Waals surface area contributed by atoms with Crippen molar-refractivity contribution in [3.05, 3.63) is 35.1 Å². The van der Waals surface area contributed by atoms with Gasteiger partial charge in [-0.05, 0) is 51.8 Å². The van der Waals surface area contributed by atoms with E-state index in [0.29, 0.717) is 31.2 Å². The molecule has 1 fully saturated rings. The smallest absolute Gasteiger partial charge is 0.216 e. The van der Waals surface area contributed by atoms with Crippen molar-refractivity contribution < 1.29 is 17.5 Å². The maximum absolute atomic E-state index is 13.8. The molecule has 172 valence electrons. The highest BCUT2D eigenvalue weighted by Gasteiger charge is 2.30. The number of guanidine groups is 1. The van der Waals surface area contributed by atoms with E-state index in [2.05, 4.69) is 15.6 Å². The molecule has 1 aromatic carbocycles. The summed E-state index contributed by atoms with van der Waals surface area (Å²) in [5, 5.41) is 6.31. The predicted octanol–water partition coefficient (Wildman–Crippen LogP) is 2.81. The minimum absolute atomic E-state index is 0. The Kier molecular flexibility index (Phi) is 11.0. The van der Waals surface area contributed by atoms with E-state index in [1.54, 1.807) is 13.0 Å². The van der Waals surface area contributed by atoms with E-state index in [0.717, 1.165) is 5.56 Å². The van der Waals surface area contributed by atoms with Gasteiger partial charge in [-0.2, -0.15) is 4.31 Å². The molecule has 1 aliphatic heterocycles. The monoisotopic (exact) mass is 556 g/mol. The largest absolute Gasteiger partial charge is 0.373 e. The van der Waals surface area contributed by atoms with Gasteiger partial charge in [0.1, 0.15) is 5.82 Å². The molecule has 0 amide bonds. The zero-order valence-electron chi connectivity index (χ0n) is 18.3. The van der Waals surface area contributed by atoms with E-state index in [9.17, 15) is 12.8 Å². The summed E-state index contributed by atoms with van der Waals surface area (Å²) in [5.41, 5.74) is 1.39. The van der Waals surface area contributed by atoms with Crippen LogP contribution in [-0.4, -0.2) is 62.8 Å². The number of sulfonamides is 1. The summed E-state index contributed by atoms with van der Waals surface area (Å²) >= 11 is 0. The first-order valence-electron chi connectivity index (χ1n) is 10.1. The molecular formula is C20H34FIN4O3S. The second-order valence-electron chi connectivity index (χ2n) is 7.53. The van der Waals surface area contributed by atoms with Crippen LogP contribution < -0.4 is 10.6 Å². The highest BCUT2D eigenvalue weighted by atomic mass is 127. The number of aryl methyl sites for hydroxylation is 1. The quantitative estimate of drug-likeness (QED) is 0.307. The van der Waals surface area contributed by atoms with Gasteiger partial charge >= 0.3 is 0 Å². The fourth-order valence-electron chi connectivity index (χ4n) is 3.25. The second-order valence-corrected chi connectivity index (χ2v) is 9.61. The first kappa shape index (κ1) is 27.1. The third-order valence-corrected chi connectivity index (χ3v) is 6.58. The van der Waals surface area contributed by atoms with Crippen molar-refractivity contribution in [2.24, 2.45) is 4.99 Å². The van der Waals surface area contributed by atoms with E-state index in [-0.39, 0.29) is 60.3 Å². The van der Waals surface area contributed by atoms with E-state index in [1.165, 1.54) is 10.4 Å². The molecule has 30 heavy (non-hydrogen) atoms. The summed E-state index contributed by atoms with van der Waals surface area (Å²) in [4.78, 5) is 4.40. The molecule has 1 aromatic rings. The van der Waals surface area contributed by atoms with Gasteiger partial charge in [0, 0.05) is 19.6 Å². The first-order valence-corrected chi connectivity index (χ1v) is 11.7. The zero-order valence-corrected chi connectivity index (χ0v) is 21.5. The number of nitrogens with one attached hydrogen (secondary N) is 2. The van der Waals surface area contributed by atoms with E-state index in [4.69, 9.17) is 4.74 Å². The third kappa shape index (κ3) is 7.93. The number of hydrogen-bond donors (Lipinski definition) is 2. The maximum atomic E-state index is 13.8. The molecule has 2 rings (SSSR count). The van der Waals surface area contributed by atoms with Crippen LogP contribution in [0.15, 0.2) is 23.2 Å². The maximum Gasteiger partial charge on any atom is 0.216 e. The van der Waals surface area contributed by atoms with Crippen molar-refractivity contribution in [3.63, 3.8) is 0 Å². The van der Waals surface area contributed by atoms with Crippen LogP contribution in [0.4, 0.5) is 4.39 Å². The van der Waals surface area contributed by atoms with Crippen molar-refractivity contribution in [3.8, 4) is 0 Å². The molecule has 0 radical (unpaired) electrons. The van der Waals surface area contributed by atoms with Crippen LogP contribution in [0.1, 0.15) is 44.9 Å². The van der Waals surface area contributed by atoms with Gasteiger partial charge in [-0.1, -0.05) is 12.1 Å². The lowest BCUT2D eigenvalue weighted by atomic mass is 10.1. The van der Waals surface area contributed by atoms with Crippen LogP contribution in [0.25, 0.3) is 0 Å². The molecule has 0 aliphatic carbocycles. The summed E-state index contributed by atoms with van der Waals surface area (Å²) in [6.07, 6.45) is -0.237. The third-order valence-electron chi connectivity index (χ3n) is 4.79. The Morgan fingerprint density at radius 3 is 2.53 bits per heavy atom. The molecule has 3 unspecified atom stereocenters. The van der Waals surface area contributed by atoms with Gasteiger partial charge in [0.2, 0.25) is 10.0 Å². The van der Waals surface area contributed by atoms with E-state index in [1.807, 2.05) is 33.8 Å². The molecule has 3 atom stereocenters. The SMILES string of the molecule is CCNC(=NCCS(=O)(=O)N1CC(C)OC(C)C1)NC(C)c1ccc(C)c(F)c1.I. The van der Waals surface area contributed by atoms with Gasteiger partial charge in [-0.15, -0.1) is 24.0 Å². The lowest BCUT2D eigenvalue weighted by Crippen LogP contribution is -2.49. The number of benzene rings is 1. The Morgan fingerprint density at radius 2 is 1.97 bits per heavy atom. The summed E-state index contributed by atoms with van der Waals surface area (Å²) < 4.78 is 46.2. The fourth-order valence-corrected chi connectivity index (χ4v) is 4.70. The van der Waals surface area contributed by atoms with Gasteiger partial charge in [0.15, 0.2) is 5.96 Å². The average molecular weight is 556 g/mol. The van der Waals surface area contributed by atoms with Crippen LogP contribution in [0, 0.1) is 12.7 Å². The Labute approximate surface area is 196 Å². The number of morpholine rings is 1. The van der Waals surface area contributed by atoms with Crippen molar-refractivity contribution in [1.29, 1.82) is 0 Å². The summed E-state index contributed by atoms with van der Waals surface area (Å²) in [7, 11) is -3.41. The number of hydrogen-bond acceptors (Lipinski definition) is 4. The van der Waals surface area contributed by atoms with Gasteiger partial charge in [0.05, 0.1) is 30.5 Å². The molecule has 10 heteroatoms. The second kappa shape index (κ2) is 12.2. The number of halogens is 2. The average Bonchev–Trinajstić information content (AvgIpc) is 2.63. The van der Waals surface area contributed by atoms with Crippen molar-refractivity contribution in [2.75, 3.05) is 31.9 Å². The highest BCUT2D eigenvalue weighted by Crippen LogP contribution is 2.17. The fraction of sp³-hybridized carbons (Fsp3) is 0.650. The molecule has 0 bridgehead atoms. The van der Waals surface area contributed by atoms with Crippen LogP contribution in [0.2, 0.25) is 0 Å². The highest BCUT2D eigenvalue weighted by molar-refractivity contribution is 14.0. The molecular weight excluding hydrogens is 522 g/mol. The molecule has 7 nitrogen and oxygen atoms in total. The first-order chi connectivity index (χ1) is 13.6. The lowest BCUT2D eigenvalue weighted by Gasteiger charge is -2.34. The van der Waals surface area contributed by atoms with Crippen molar-refractivity contribution >= 4 is 40.0 Å². The standard InChI is InChI=1S/C20H33FN4O3S.HI/c1-6-22-20(24-17(5)18-8-7-14(2)19(21)11-18)23-9-10-29(26,27)25-12-15(3)28-16(4)13-25;/h7-8,11,15-17H,6,9-10,12-13H2,1-5H3,(H2,22,23,24);1H. The van der Waals surface area contributed by atoms with Gasteiger partial charge in [-0.3, -0.25) is 4.99 Å². The number of aliphatic imine (C=N–C) groups is 1. The summed E-state index contributed by atoms with van der Waals surface area (Å²) in [5.74, 6) is 0.175. The summed E-state index contributed by atoms with van der Waals surface area (Å²) in [6.45, 7) is 10.8. The molecule has 1 heterocycles. The molecule has 0 aromatic heterocycles. The molecule has 1 aliphatic rings. The van der Waals surface area contributed by atoms with Crippen LogP contribution in [0.3, 0.4) is 0 Å². The van der Waals surface area contributed by atoms with Crippen LogP contribution in [0.5, 0.6) is 0 Å². The summed E-state index contributed by atoms with van der Waals surface area (Å²) in [6, 6.07) is 4.93. The molecule has 1 saturated heterocycles. The minimum atomic E-state index is -3.41. The molecule has 0 saturated carbocycles. The number of rotatable bonds is 7. The topological polar surface area (TPSA) is 83.0 Å². The zero-order chi connectivity index (χ0) is 21.6. The van der Waals surface area contributed by atoms with Crippen molar-refractivity contribution in [2.45, 2.75) is 52.9 Å². The predicted molar refractivity (Wildman–Crippen MR) is 129 cm³/mol. The number of nitrogens with zero attached hydrogens (tertiary/aromatic N) is 2. The van der Waals surface area contributed by atoms with Gasteiger partial charge in [-0.25, -0.2) is 12.8 Å². The van der Waals surface area contributed by atoms with E-state index < -0.39 is 10.0 Å². The Balaban J connectivity index is 0.00000450. The van der Waals surface area contributed by atoms with Crippen LogP contribution in [-0.2, 0) is 14.8 Å². The Morgan fingerprint density at radius 1 is 1.33 bits per heavy atom. The Bertz CT molecular complexity index is 812. The normalized spacial score (nSPS) is 21.6. The molecule has 2 N–H and O–H groups in total. The Hall–Kier alpha value is -0.980. The van der Waals surface area contributed by atoms with Gasteiger partial charge < -0.3 is 15.4 Å². The van der Waals surface area contributed by atoms with Gasteiger partial charge in [0.25, 0.3) is 0 Å². The molecule has 0 spiro atoms. The van der Waals surface area contributed by atoms with E-state index >= 15 is 0 Å². The minimum Gasteiger partial charge on any atom is -0.373 e.